The van der Waals surface area contributed by atoms with Gasteiger partial charge in [0.15, 0.2) is 0 Å². The second kappa shape index (κ2) is 19.2. The molecule has 1 aliphatic carbocycles. The molecule has 1 aromatic rings. The number of amides is 6. The minimum atomic E-state index is -1.57. The summed E-state index contributed by atoms with van der Waals surface area (Å²) in [5.74, 6) is -5.10. The van der Waals surface area contributed by atoms with Crippen LogP contribution in [0.3, 0.4) is 0 Å². The van der Waals surface area contributed by atoms with Crippen LogP contribution >= 0.6 is 0 Å². The zero-order valence-electron chi connectivity index (χ0n) is 34.3. The Balaban J connectivity index is 1.43. The highest BCUT2D eigenvalue weighted by Crippen LogP contribution is 2.38. The van der Waals surface area contributed by atoms with Gasteiger partial charge in [0, 0.05) is 32.6 Å². The number of nitrogens with one attached hydrogen (secondary N) is 3. The highest BCUT2D eigenvalue weighted by Gasteiger charge is 2.43. The molecule has 3 heterocycles. The van der Waals surface area contributed by atoms with Crippen LogP contribution in [0.25, 0.3) is 0 Å². The molecule has 5 rings (SSSR count). The molecule has 0 bridgehead atoms. The van der Waals surface area contributed by atoms with Gasteiger partial charge in [-0.3, -0.25) is 28.8 Å². The molecule has 9 atom stereocenters. The average Bonchev–Trinajstić information content (AvgIpc) is 3.87. The summed E-state index contributed by atoms with van der Waals surface area (Å²) >= 11 is 0. The van der Waals surface area contributed by atoms with Crippen LogP contribution in [-0.2, 0) is 44.7 Å². The standard InChI is InChI=1S/C42H58F2N6O8/c1-23(2)28-12-11-24(3)29(20-28)13-14-36(51)46-32(19-27-17-30(43)21-31(44)18-27)38(53)47-33-22-58-42(57)35-10-8-16-50(35)39(54)25(4)45-37(52)26(5)48(6)41(56)34-9-7-15-49(34)40(33)55/h13-14,17-18,21,23-26,28-29,32-35H,7-12,15-16,19-20,22H2,1-6H3,(H,45,52)(H,46,51)(H,47,53)/t24?,25-,26-,28?,29?,32-,33-,34-,35-/m0/s1. The van der Waals surface area contributed by atoms with Gasteiger partial charge in [-0.15, -0.1) is 0 Å². The van der Waals surface area contributed by atoms with Crippen molar-refractivity contribution in [3.8, 4) is 0 Å². The predicted molar refractivity (Wildman–Crippen MR) is 208 cm³/mol. The lowest BCUT2D eigenvalue weighted by molar-refractivity contribution is -0.158. The second-order valence-electron chi connectivity index (χ2n) is 16.8. The van der Waals surface area contributed by atoms with Crippen LogP contribution < -0.4 is 16.0 Å². The number of allylic oxidation sites excluding steroid dienone is 1. The topological polar surface area (TPSA) is 175 Å². The fourth-order valence-electron chi connectivity index (χ4n) is 8.59. The van der Waals surface area contributed by atoms with E-state index in [0.29, 0.717) is 36.7 Å². The molecule has 58 heavy (non-hydrogen) atoms. The summed E-state index contributed by atoms with van der Waals surface area (Å²) < 4.78 is 34.3. The smallest absolute Gasteiger partial charge is 0.328 e. The molecule has 318 valence electrons. The van der Waals surface area contributed by atoms with E-state index in [-0.39, 0.29) is 43.8 Å². The van der Waals surface area contributed by atoms with Crippen LogP contribution in [0.4, 0.5) is 8.78 Å². The van der Waals surface area contributed by atoms with Gasteiger partial charge in [0.25, 0.3) is 0 Å². The lowest BCUT2D eigenvalue weighted by atomic mass is 9.71. The number of hydrogen-bond donors (Lipinski definition) is 3. The largest absolute Gasteiger partial charge is 0.461 e. The zero-order chi connectivity index (χ0) is 42.4. The fraction of sp³-hybridized carbons (Fsp3) is 0.643. The molecule has 0 radical (unpaired) electrons. The maximum Gasteiger partial charge on any atom is 0.328 e. The second-order valence-corrected chi connectivity index (χ2v) is 16.8. The molecule has 3 unspecified atom stereocenters. The predicted octanol–water partition coefficient (Wildman–Crippen LogP) is 2.63. The molecular weight excluding hydrogens is 754 g/mol. The number of likely N-dealkylation sites (N-methyl/N-ethyl adjacent to an activating group) is 1. The van der Waals surface area contributed by atoms with E-state index >= 15 is 0 Å². The number of carbonyl (C=O) groups is 7. The van der Waals surface area contributed by atoms with Gasteiger partial charge < -0.3 is 35.4 Å². The van der Waals surface area contributed by atoms with Gasteiger partial charge in [0.2, 0.25) is 35.4 Å². The van der Waals surface area contributed by atoms with Gasteiger partial charge in [-0.1, -0.05) is 26.8 Å². The van der Waals surface area contributed by atoms with E-state index < -0.39 is 95.9 Å². The molecule has 4 aliphatic rings. The highest BCUT2D eigenvalue weighted by molar-refractivity contribution is 5.98. The number of cyclic esters (lactones) is 1. The SMILES string of the molecule is CC(C)C1CCC(C)C(C=CC(=O)N[C@@H](Cc2cc(F)cc(F)c2)C(=O)N[C@H]2COC(=O)[C@@H]3CCCN3C(=O)[C@H](C)NC(=O)[C@H](C)N(C)C(=O)[C@@H]3CCCN3C2=O)C1. The van der Waals surface area contributed by atoms with Gasteiger partial charge in [0.1, 0.15) is 54.5 Å². The molecule has 6 amide bonds. The summed E-state index contributed by atoms with van der Waals surface area (Å²) in [6, 6.07) is -4.34. The van der Waals surface area contributed by atoms with Gasteiger partial charge in [-0.2, -0.15) is 0 Å². The number of ether oxygens (including phenoxy) is 1. The molecule has 4 fully saturated rings. The Kier molecular flexibility index (Phi) is 14.7. The molecule has 3 saturated heterocycles. The first kappa shape index (κ1) is 44.2. The molecule has 0 aromatic heterocycles. The Bertz CT molecular complexity index is 1750. The third-order valence-electron chi connectivity index (χ3n) is 12.4. The fourth-order valence-corrected chi connectivity index (χ4v) is 8.59. The van der Waals surface area contributed by atoms with Crippen LogP contribution in [0.1, 0.15) is 85.1 Å². The van der Waals surface area contributed by atoms with Crippen molar-refractivity contribution < 1.29 is 47.1 Å². The first-order valence-corrected chi connectivity index (χ1v) is 20.5. The van der Waals surface area contributed by atoms with Crippen LogP contribution in [0, 0.1) is 35.3 Å². The monoisotopic (exact) mass is 812 g/mol. The number of fused-ring (bicyclic) bond motifs is 2. The number of benzene rings is 1. The van der Waals surface area contributed by atoms with Gasteiger partial charge in [-0.05, 0) is 106 Å². The Labute approximate surface area is 338 Å². The van der Waals surface area contributed by atoms with Crippen molar-refractivity contribution in [3.63, 3.8) is 0 Å². The Morgan fingerprint density at radius 1 is 0.897 bits per heavy atom. The molecule has 1 aromatic carbocycles. The van der Waals surface area contributed by atoms with Crippen molar-refractivity contribution in [2.24, 2.45) is 23.7 Å². The van der Waals surface area contributed by atoms with E-state index in [4.69, 9.17) is 4.74 Å². The summed E-state index contributed by atoms with van der Waals surface area (Å²) in [5.41, 5.74) is 0.0602. The lowest BCUT2D eigenvalue weighted by Crippen LogP contribution is -2.60. The molecule has 14 nitrogen and oxygen atoms in total. The molecule has 0 spiro atoms. The quantitative estimate of drug-likeness (QED) is 0.266. The molecule has 1 saturated carbocycles. The maximum atomic E-state index is 14.4. The zero-order valence-corrected chi connectivity index (χ0v) is 34.3. The first-order valence-electron chi connectivity index (χ1n) is 20.5. The van der Waals surface area contributed by atoms with Crippen LogP contribution in [0.2, 0.25) is 0 Å². The van der Waals surface area contributed by atoms with Crippen molar-refractivity contribution >= 4 is 41.4 Å². The summed E-state index contributed by atoms with van der Waals surface area (Å²) in [4.78, 5) is 99.8. The molecule has 3 N–H and O–H groups in total. The first-order chi connectivity index (χ1) is 27.4. The third kappa shape index (κ3) is 10.6. The number of halogens is 2. The summed E-state index contributed by atoms with van der Waals surface area (Å²) in [5, 5.41) is 7.89. The van der Waals surface area contributed by atoms with Crippen molar-refractivity contribution in [1.82, 2.24) is 30.7 Å². The maximum absolute atomic E-state index is 14.4. The van der Waals surface area contributed by atoms with E-state index in [1.165, 1.54) is 41.7 Å². The minimum absolute atomic E-state index is 0.0602. The Morgan fingerprint density at radius 2 is 1.53 bits per heavy atom. The number of rotatable bonds is 8. The molecular formula is C42H58F2N6O8. The normalized spacial score (nSPS) is 29.6. The van der Waals surface area contributed by atoms with Crippen molar-refractivity contribution in [2.75, 3.05) is 26.7 Å². The highest BCUT2D eigenvalue weighted by atomic mass is 19.1. The van der Waals surface area contributed by atoms with Gasteiger partial charge in [-0.25, -0.2) is 13.6 Å². The summed E-state index contributed by atoms with van der Waals surface area (Å²) in [6.45, 7) is 9.14. The average molecular weight is 813 g/mol. The number of hydrogen-bond acceptors (Lipinski definition) is 8. The van der Waals surface area contributed by atoms with Crippen molar-refractivity contribution in [1.29, 1.82) is 0 Å². The van der Waals surface area contributed by atoms with Crippen molar-refractivity contribution in [3.05, 3.63) is 47.5 Å². The number of nitrogens with zero attached hydrogens (tertiary/aromatic N) is 3. The lowest BCUT2D eigenvalue weighted by Gasteiger charge is -2.34. The van der Waals surface area contributed by atoms with Crippen LogP contribution in [0.5, 0.6) is 0 Å². The van der Waals surface area contributed by atoms with Gasteiger partial charge >= 0.3 is 5.97 Å². The summed E-state index contributed by atoms with van der Waals surface area (Å²) in [7, 11) is 1.43. The van der Waals surface area contributed by atoms with E-state index in [1.54, 1.807) is 0 Å². The minimum Gasteiger partial charge on any atom is -0.461 e. The van der Waals surface area contributed by atoms with E-state index in [9.17, 15) is 42.3 Å². The number of esters is 1. The molecule has 3 aliphatic heterocycles. The summed E-state index contributed by atoms with van der Waals surface area (Å²) in [6.07, 6.45) is 7.28. The van der Waals surface area contributed by atoms with Crippen LogP contribution in [-0.4, -0.2) is 119 Å². The van der Waals surface area contributed by atoms with E-state index in [2.05, 4.69) is 36.7 Å². The third-order valence-corrected chi connectivity index (χ3v) is 12.4. The van der Waals surface area contributed by atoms with E-state index in [0.717, 1.165) is 31.4 Å². The Hall–Kier alpha value is -4.89. The molecule has 16 heteroatoms. The van der Waals surface area contributed by atoms with E-state index in [1.807, 2.05) is 6.08 Å². The Morgan fingerprint density at radius 3 is 2.19 bits per heavy atom. The number of carbonyl (C=O) groups excluding carboxylic acids is 7. The van der Waals surface area contributed by atoms with Crippen LogP contribution in [0.15, 0.2) is 30.4 Å². The van der Waals surface area contributed by atoms with Crippen molar-refractivity contribution in [2.45, 2.75) is 122 Å². The van der Waals surface area contributed by atoms with Gasteiger partial charge in [0.05, 0.1) is 0 Å².